The Morgan fingerprint density at radius 2 is 1.91 bits per heavy atom. The SMILES string of the molecule is CCOC(=O)[C@@H]1CCCN(c2nc3c(c(=O)n(C)c(=O)n3C)n2Cc2ccc(Cl)cc2)C1. The maximum absolute atomic E-state index is 13.1. The van der Waals surface area contributed by atoms with Gasteiger partial charge >= 0.3 is 11.7 Å². The first-order chi connectivity index (χ1) is 15.3. The Morgan fingerprint density at radius 3 is 2.59 bits per heavy atom. The number of hydrogen-bond acceptors (Lipinski definition) is 6. The van der Waals surface area contributed by atoms with Crippen molar-refractivity contribution >= 4 is 34.7 Å². The highest BCUT2D eigenvalue weighted by Crippen LogP contribution is 2.27. The molecule has 0 radical (unpaired) electrons. The molecule has 10 heteroatoms. The third-order valence-corrected chi connectivity index (χ3v) is 6.16. The predicted molar refractivity (Wildman–Crippen MR) is 122 cm³/mol. The van der Waals surface area contributed by atoms with Crippen molar-refractivity contribution in [2.24, 2.45) is 20.0 Å². The normalized spacial score (nSPS) is 16.5. The Kier molecular flexibility index (Phi) is 6.10. The van der Waals surface area contributed by atoms with Crippen LogP contribution in [0.2, 0.25) is 5.02 Å². The Balaban J connectivity index is 1.85. The largest absolute Gasteiger partial charge is 0.466 e. The Hall–Kier alpha value is -3.07. The summed E-state index contributed by atoms with van der Waals surface area (Å²) in [5.74, 6) is 0.0715. The second-order valence-corrected chi connectivity index (χ2v) is 8.48. The molecule has 0 bridgehead atoms. The van der Waals surface area contributed by atoms with Crippen molar-refractivity contribution in [3.63, 3.8) is 0 Å². The van der Waals surface area contributed by atoms with E-state index in [4.69, 9.17) is 21.3 Å². The first kappa shape index (κ1) is 22.1. The van der Waals surface area contributed by atoms with Gasteiger partial charge in [-0.3, -0.25) is 23.3 Å². The number of piperidine rings is 1. The number of anilines is 1. The van der Waals surface area contributed by atoms with E-state index in [2.05, 4.69) is 0 Å². The molecule has 1 aliphatic heterocycles. The molecule has 9 nitrogen and oxygen atoms in total. The van der Waals surface area contributed by atoms with E-state index in [0.717, 1.165) is 23.0 Å². The molecule has 32 heavy (non-hydrogen) atoms. The highest BCUT2D eigenvalue weighted by molar-refractivity contribution is 6.30. The number of benzene rings is 1. The zero-order valence-corrected chi connectivity index (χ0v) is 19.1. The van der Waals surface area contributed by atoms with Gasteiger partial charge in [-0.05, 0) is 37.5 Å². The topological polar surface area (TPSA) is 91.4 Å². The van der Waals surface area contributed by atoms with Gasteiger partial charge in [0.15, 0.2) is 11.2 Å². The average Bonchev–Trinajstić information content (AvgIpc) is 3.17. The summed E-state index contributed by atoms with van der Waals surface area (Å²) >= 11 is 6.03. The molecule has 0 spiro atoms. The fourth-order valence-corrected chi connectivity index (χ4v) is 4.34. The minimum absolute atomic E-state index is 0.221. The number of imidazole rings is 1. The monoisotopic (exact) mass is 459 g/mol. The number of rotatable bonds is 5. The molecule has 3 aromatic rings. The maximum Gasteiger partial charge on any atom is 0.332 e. The summed E-state index contributed by atoms with van der Waals surface area (Å²) in [6.07, 6.45) is 1.54. The molecule has 170 valence electrons. The standard InChI is InChI=1S/C22H26ClN5O4/c1-4-32-20(30)15-6-5-11-27(13-15)21-24-18-17(19(29)26(3)22(31)25(18)2)28(21)12-14-7-9-16(23)10-8-14/h7-10,15H,4-6,11-13H2,1-3H3/t15-/m1/s1. The molecule has 1 atom stereocenters. The number of halogens is 1. The van der Waals surface area contributed by atoms with Crippen molar-refractivity contribution in [2.75, 3.05) is 24.6 Å². The van der Waals surface area contributed by atoms with E-state index in [1.165, 1.54) is 11.6 Å². The molecule has 3 heterocycles. The van der Waals surface area contributed by atoms with Gasteiger partial charge in [0.05, 0.1) is 19.1 Å². The molecule has 0 N–H and O–H groups in total. The van der Waals surface area contributed by atoms with Crippen LogP contribution < -0.4 is 16.1 Å². The first-order valence-electron chi connectivity index (χ1n) is 10.6. The van der Waals surface area contributed by atoms with Crippen LogP contribution in [0.3, 0.4) is 0 Å². The van der Waals surface area contributed by atoms with Crippen LogP contribution in [0.5, 0.6) is 0 Å². The predicted octanol–water partition coefficient (Wildman–Crippen LogP) is 1.91. The van der Waals surface area contributed by atoms with E-state index < -0.39 is 11.2 Å². The number of nitrogens with zero attached hydrogens (tertiary/aromatic N) is 5. The molecule has 1 fully saturated rings. The quantitative estimate of drug-likeness (QED) is 0.541. The summed E-state index contributed by atoms with van der Waals surface area (Å²) in [7, 11) is 3.06. The van der Waals surface area contributed by atoms with Gasteiger partial charge in [-0.2, -0.15) is 4.98 Å². The van der Waals surface area contributed by atoms with E-state index in [1.807, 2.05) is 21.6 Å². The van der Waals surface area contributed by atoms with Crippen LogP contribution in [0.15, 0.2) is 33.9 Å². The summed E-state index contributed by atoms with van der Waals surface area (Å²) in [5.41, 5.74) is 0.756. The number of carbonyl (C=O) groups excluding carboxylic acids is 1. The first-order valence-corrected chi connectivity index (χ1v) is 11.0. The third-order valence-electron chi connectivity index (χ3n) is 5.91. The Bertz CT molecular complexity index is 1270. The van der Waals surface area contributed by atoms with Gasteiger partial charge in [0.1, 0.15) is 0 Å². The molecule has 0 aliphatic carbocycles. The van der Waals surface area contributed by atoms with Crippen molar-refractivity contribution < 1.29 is 9.53 Å². The second kappa shape index (κ2) is 8.82. The number of hydrogen-bond donors (Lipinski definition) is 0. The summed E-state index contributed by atoms with van der Waals surface area (Å²) < 4.78 is 9.52. The van der Waals surface area contributed by atoms with Gasteiger partial charge in [0, 0.05) is 32.2 Å². The molecular weight excluding hydrogens is 434 g/mol. The van der Waals surface area contributed by atoms with Crippen molar-refractivity contribution in [1.29, 1.82) is 0 Å². The van der Waals surface area contributed by atoms with Gasteiger partial charge in [-0.15, -0.1) is 0 Å². The lowest BCUT2D eigenvalue weighted by atomic mass is 9.98. The summed E-state index contributed by atoms with van der Waals surface area (Å²) in [4.78, 5) is 44.7. The molecule has 1 saturated heterocycles. The van der Waals surface area contributed by atoms with Crippen molar-refractivity contribution in [3.8, 4) is 0 Å². The molecular formula is C22H26ClN5O4. The molecule has 1 aliphatic rings. The van der Waals surface area contributed by atoms with E-state index in [-0.39, 0.29) is 11.9 Å². The highest BCUT2D eigenvalue weighted by Gasteiger charge is 2.31. The molecule has 0 unspecified atom stereocenters. The van der Waals surface area contributed by atoms with E-state index in [1.54, 1.807) is 26.1 Å². The van der Waals surface area contributed by atoms with E-state index in [9.17, 15) is 14.4 Å². The minimum Gasteiger partial charge on any atom is -0.466 e. The number of carbonyl (C=O) groups is 1. The maximum atomic E-state index is 13.1. The number of fused-ring (bicyclic) bond motifs is 1. The van der Waals surface area contributed by atoms with Crippen LogP contribution >= 0.6 is 11.6 Å². The number of aromatic nitrogens is 4. The van der Waals surface area contributed by atoms with Gasteiger partial charge < -0.3 is 9.64 Å². The average molecular weight is 460 g/mol. The van der Waals surface area contributed by atoms with Crippen LogP contribution in [-0.4, -0.2) is 44.4 Å². The lowest BCUT2D eigenvalue weighted by molar-refractivity contribution is -0.148. The van der Waals surface area contributed by atoms with E-state index >= 15 is 0 Å². The van der Waals surface area contributed by atoms with Crippen LogP contribution in [0.25, 0.3) is 11.2 Å². The number of aryl methyl sites for hydroxylation is 1. The van der Waals surface area contributed by atoms with Gasteiger partial charge in [0.2, 0.25) is 5.95 Å². The number of ether oxygens (including phenoxy) is 1. The fourth-order valence-electron chi connectivity index (χ4n) is 4.21. The minimum atomic E-state index is -0.437. The van der Waals surface area contributed by atoms with Crippen LogP contribution in [0, 0.1) is 5.92 Å². The molecule has 4 rings (SSSR count). The Morgan fingerprint density at radius 1 is 1.19 bits per heavy atom. The second-order valence-electron chi connectivity index (χ2n) is 8.04. The van der Waals surface area contributed by atoms with Crippen molar-refractivity contribution in [2.45, 2.75) is 26.3 Å². The van der Waals surface area contributed by atoms with E-state index in [0.29, 0.717) is 48.4 Å². The third kappa shape index (κ3) is 3.92. The van der Waals surface area contributed by atoms with Crippen LogP contribution in [-0.2, 0) is 30.2 Å². The van der Waals surface area contributed by atoms with Gasteiger partial charge in [-0.1, -0.05) is 23.7 Å². The summed E-state index contributed by atoms with van der Waals surface area (Å²) in [6.45, 7) is 3.63. The highest BCUT2D eigenvalue weighted by atomic mass is 35.5. The van der Waals surface area contributed by atoms with Crippen molar-refractivity contribution in [3.05, 3.63) is 55.7 Å². The zero-order chi connectivity index (χ0) is 23.0. The lowest BCUT2D eigenvalue weighted by Crippen LogP contribution is -2.41. The summed E-state index contributed by atoms with van der Waals surface area (Å²) in [5, 5.41) is 0.621. The molecule has 2 aromatic heterocycles. The molecule has 0 saturated carbocycles. The van der Waals surface area contributed by atoms with Gasteiger partial charge in [0.25, 0.3) is 5.56 Å². The van der Waals surface area contributed by atoms with Crippen LogP contribution in [0.4, 0.5) is 5.95 Å². The van der Waals surface area contributed by atoms with Crippen LogP contribution in [0.1, 0.15) is 25.3 Å². The smallest absolute Gasteiger partial charge is 0.332 e. The zero-order valence-electron chi connectivity index (χ0n) is 18.4. The van der Waals surface area contributed by atoms with Gasteiger partial charge in [-0.25, -0.2) is 4.79 Å². The number of esters is 1. The summed E-state index contributed by atoms with van der Waals surface area (Å²) in [6, 6.07) is 7.37. The lowest BCUT2D eigenvalue weighted by Gasteiger charge is -2.32. The Labute approximate surface area is 189 Å². The molecule has 1 aromatic carbocycles. The molecule has 0 amide bonds. The van der Waals surface area contributed by atoms with Crippen molar-refractivity contribution in [1.82, 2.24) is 18.7 Å². The fraction of sp³-hybridized carbons (Fsp3) is 0.455.